The summed E-state index contributed by atoms with van der Waals surface area (Å²) in [7, 11) is 1.22. The Hall–Kier alpha value is -2.37. The van der Waals surface area contributed by atoms with Gasteiger partial charge in [0.1, 0.15) is 6.54 Å². The van der Waals surface area contributed by atoms with Crippen LogP contribution < -0.4 is 11.4 Å². The van der Waals surface area contributed by atoms with Crippen LogP contribution in [0.4, 0.5) is 0 Å². The van der Waals surface area contributed by atoms with Gasteiger partial charge >= 0.3 is 17.4 Å². The maximum atomic E-state index is 11.5. The molecule has 0 aliphatic rings. The second-order valence-corrected chi connectivity index (χ2v) is 3.33. The first kappa shape index (κ1) is 11.1. The Labute approximate surface area is 95.0 Å². The lowest BCUT2D eigenvalue weighted by Crippen LogP contribution is -2.28. The van der Waals surface area contributed by atoms with Crippen LogP contribution in [-0.2, 0) is 16.1 Å². The van der Waals surface area contributed by atoms with E-state index in [1.54, 1.807) is 18.2 Å². The Morgan fingerprint density at radius 1 is 1.35 bits per heavy atom. The molecule has 0 saturated heterocycles. The van der Waals surface area contributed by atoms with Crippen LogP contribution in [0.2, 0.25) is 0 Å². The average molecular weight is 235 g/mol. The van der Waals surface area contributed by atoms with E-state index in [0.717, 1.165) is 4.57 Å². The van der Waals surface area contributed by atoms with E-state index in [-0.39, 0.29) is 11.9 Å². The number of aromatic nitrogens is 1. The summed E-state index contributed by atoms with van der Waals surface area (Å²) in [5.41, 5.74) is -0.370. The summed E-state index contributed by atoms with van der Waals surface area (Å²) in [6, 6.07) is 6.40. The van der Waals surface area contributed by atoms with Crippen LogP contribution in [0.15, 0.2) is 38.3 Å². The molecule has 17 heavy (non-hydrogen) atoms. The molecule has 88 valence electrons. The number of ether oxygens (including phenoxy) is 1. The first-order valence-electron chi connectivity index (χ1n) is 4.83. The fourth-order valence-corrected chi connectivity index (χ4v) is 1.51. The number of nitrogens with zero attached hydrogens (tertiary/aromatic N) is 1. The molecule has 0 N–H and O–H groups in total. The predicted molar refractivity (Wildman–Crippen MR) is 58.8 cm³/mol. The number of methoxy groups -OCH3 is 1. The van der Waals surface area contributed by atoms with Crippen LogP contribution in [0.1, 0.15) is 0 Å². The topological polar surface area (TPSA) is 78.5 Å². The van der Waals surface area contributed by atoms with Gasteiger partial charge in [-0.3, -0.25) is 9.36 Å². The van der Waals surface area contributed by atoms with E-state index in [2.05, 4.69) is 9.15 Å². The molecule has 6 heteroatoms. The molecule has 0 radical (unpaired) electrons. The minimum atomic E-state index is -0.876. The van der Waals surface area contributed by atoms with E-state index >= 15 is 0 Å². The first-order valence-corrected chi connectivity index (χ1v) is 4.83. The lowest BCUT2D eigenvalue weighted by molar-refractivity contribution is -0.141. The summed E-state index contributed by atoms with van der Waals surface area (Å²) in [5, 5.41) is 0.246. The van der Waals surface area contributed by atoms with Crippen molar-refractivity contribution in [3.8, 4) is 0 Å². The van der Waals surface area contributed by atoms with Gasteiger partial charge in [0.25, 0.3) is 0 Å². The van der Waals surface area contributed by atoms with Crippen molar-refractivity contribution in [3.63, 3.8) is 0 Å². The summed E-state index contributed by atoms with van der Waals surface area (Å²) >= 11 is 0. The van der Waals surface area contributed by atoms with Crippen molar-refractivity contribution in [2.24, 2.45) is 0 Å². The number of carbonyl (C=O) groups is 1. The molecule has 0 saturated carbocycles. The van der Waals surface area contributed by atoms with Gasteiger partial charge in [0.05, 0.1) is 18.0 Å². The van der Waals surface area contributed by atoms with Gasteiger partial charge in [0, 0.05) is 0 Å². The van der Waals surface area contributed by atoms with Gasteiger partial charge in [-0.15, -0.1) is 0 Å². The van der Waals surface area contributed by atoms with Gasteiger partial charge in [0.15, 0.2) is 0 Å². The Balaban J connectivity index is 2.74. The zero-order chi connectivity index (χ0) is 12.4. The molecule has 0 aliphatic heterocycles. The van der Waals surface area contributed by atoms with Gasteiger partial charge in [-0.05, 0) is 12.1 Å². The molecule has 2 aromatic rings. The molecule has 0 atom stereocenters. The minimum Gasteiger partial charge on any atom is -0.468 e. The molecular formula is C11H9NO5. The van der Waals surface area contributed by atoms with E-state index in [0.29, 0.717) is 5.52 Å². The van der Waals surface area contributed by atoms with Crippen LogP contribution in [0, 0.1) is 0 Å². The lowest BCUT2D eigenvalue weighted by atomic mass is 10.2. The second-order valence-electron chi connectivity index (χ2n) is 3.33. The molecule has 0 unspecified atom stereocenters. The molecule has 1 aromatic heterocycles. The highest BCUT2D eigenvalue weighted by Crippen LogP contribution is 2.06. The van der Waals surface area contributed by atoms with Gasteiger partial charge in [-0.2, -0.15) is 0 Å². The third kappa shape index (κ3) is 1.96. The van der Waals surface area contributed by atoms with Crippen molar-refractivity contribution >= 4 is 16.9 Å². The van der Waals surface area contributed by atoms with Gasteiger partial charge in [0.2, 0.25) is 0 Å². The van der Waals surface area contributed by atoms with Crippen LogP contribution in [0.5, 0.6) is 0 Å². The van der Waals surface area contributed by atoms with E-state index in [4.69, 9.17) is 0 Å². The maximum Gasteiger partial charge on any atom is 0.422 e. The van der Waals surface area contributed by atoms with E-state index in [1.165, 1.54) is 13.2 Å². The van der Waals surface area contributed by atoms with Gasteiger partial charge < -0.3 is 9.15 Å². The van der Waals surface area contributed by atoms with Crippen molar-refractivity contribution in [3.05, 3.63) is 45.2 Å². The molecule has 0 aliphatic carbocycles. The molecule has 0 amide bonds. The van der Waals surface area contributed by atoms with Crippen LogP contribution in [-0.4, -0.2) is 17.6 Å². The van der Waals surface area contributed by atoms with Gasteiger partial charge in [-0.25, -0.2) is 9.59 Å². The number of para-hydroxylation sites is 1. The zero-order valence-corrected chi connectivity index (χ0v) is 9.00. The van der Waals surface area contributed by atoms with Crippen molar-refractivity contribution in [2.75, 3.05) is 7.11 Å². The van der Waals surface area contributed by atoms with Crippen LogP contribution in [0.25, 0.3) is 10.9 Å². The fourth-order valence-electron chi connectivity index (χ4n) is 1.51. The standard InChI is InChI=1S/C11H9NO5/c1-16-9(13)6-12-8-5-3-2-4-7(8)10(14)17-11(12)15/h2-5H,6H2,1H3. The van der Waals surface area contributed by atoms with E-state index in [9.17, 15) is 14.4 Å². The Kier molecular flexibility index (Phi) is 2.78. The van der Waals surface area contributed by atoms with Crippen molar-refractivity contribution in [1.29, 1.82) is 0 Å². The highest BCUT2D eigenvalue weighted by Gasteiger charge is 2.11. The first-order chi connectivity index (χ1) is 8.13. The molecule has 2 rings (SSSR count). The molecule has 0 spiro atoms. The summed E-state index contributed by atoms with van der Waals surface area (Å²) in [4.78, 5) is 34.1. The quantitative estimate of drug-likeness (QED) is 0.691. The number of hydrogen-bond donors (Lipinski definition) is 0. The second kappa shape index (κ2) is 4.25. The smallest absolute Gasteiger partial charge is 0.422 e. The predicted octanol–water partition coefficient (Wildman–Crippen LogP) is 0.128. The molecule has 1 heterocycles. The molecule has 0 bridgehead atoms. The minimum absolute atomic E-state index is 0.246. The van der Waals surface area contributed by atoms with Crippen LogP contribution in [0.3, 0.4) is 0 Å². The Morgan fingerprint density at radius 3 is 2.76 bits per heavy atom. The number of fused-ring (bicyclic) bond motifs is 1. The molecule has 1 aromatic carbocycles. The Bertz CT molecular complexity index is 682. The molecule has 0 fully saturated rings. The van der Waals surface area contributed by atoms with Crippen LogP contribution >= 0.6 is 0 Å². The highest BCUT2D eigenvalue weighted by molar-refractivity contribution is 5.79. The fraction of sp³-hybridized carbons (Fsp3) is 0.182. The number of hydrogen-bond acceptors (Lipinski definition) is 5. The maximum absolute atomic E-state index is 11.5. The average Bonchev–Trinajstić information content (AvgIpc) is 2.34. The third-order valence-electron chi connectivity index (χ3n) is 2.33. The monoisotopic (exact) mass is 235 g/mol. The van der Waals surface area contributed by atoms with E-state index < -0.39 is 17.4 Å². The summed E-state index contributed by atoms with van der Waals surface area (Å²) in [6.45, 7) is -0.292. The summed E-state index contributed by atoms with van der Waals surface area (Å²) < 4.78 is 10.0. The van der Waals surface area contributed by atoms with E-state index in [1.807, 2.05) is 0 Å². The number of benzene rings is 1. The number of esters is 1. The zero-order valence-electron chi connectivity index (χ0n) is 9.00. The normalized spacial score (nSPS) is 10.4. The highest BCUT2D eigenvalue weighted by atomic mass is 16.5. The lowest BCUT2D eigenvalue weighted by Gasteiger charge is -2.06. The largest absolute Gasteiger partial charge is 0.468 e. The SMILES string of the molecule is COC(=O)Cn1c(=O)oc(=O)c2ccccc21. The number of rotatable bonds is 2. The Morgan fingerprint density at radius 2 is 2.06 bits per heavy atom. The molecule has 6 nitrogen and oxygen atoms in total. The van der Waals surface area contributed by atoms with Gasteiger partial charge in [-0.1, -0.05) is 12.1 Å². The summed E-state index contributed by atoms with van der Waals surface area (Å²) in [5.74, 6) is -1.47. The third-order valence-corrected chi connectivity index (χ3v) is 2.33. The number of carbonyl (C=O) groups excluding carboxylic acids is 1. The van der Waals surface area contributed by atoms with Crippen molar-refractivity contribution < 1.29 is 13.9 Å². The molecular weight excluding hydrogens is 226 g/mol. The summed E-state index contributed by atoms with van der Waals surface area (Å²) in [6.07, 6.45) is 0. The van der Waals surface area contributed by atoms with Crippen molar-refractivity contribution in [1.82, 2.24) is 4.57 Å². The van der Waals surface area contributed by atoms with Crippen molar-refractivity contribution in [2.45, 2.75) is 6.54 Å².